The monoisotopic (exact) mass is 228 g/mol. The van der Waals surface area contributed by atoms with E-state index in [1.54, 1.807) is 7.05 Å². The molecule has 0 aromatic heterocycles. The number of carbonyl (C=O) groups excluding carboxylic acids is 1. The van der Waals surface area contributed by atoms with Gasteiger partial charge in [-0.15, -0.1) is 0 Å². The molecule has 1 fully saturated rings. The van der Waals surface area contributed by atoms with Crippen molar-refractivity contribution < 1.29 is 9.90 Å². The smallest absolute Gasteiger partial charge is 0.221 e. The van der Waals surface area contributed by atoms with Gasteiger partial charge in [0.1, 0.15) is 0 Å². The van der Waals surface area contributed by atoms with E-state index in [9.17, 15) is 9.90 Å². The van der Waals surface area contributed by atoms with Crippen molar-refractivity contribution in [1.82, 2.24) is 10.2 Å². The molecule has 16 heavy (non-hydrogen) atoms. The second-order valence-electron chi connectivity index (χ2n) is 4.80. The summed E-state index contributed by atoms with van der Waals surface area (Å²) < 4.78 is 0. The summed E-state index contributed by atoms with van der Waals surface area (Å²) in [6.45, 7) is 1.67. The second-order valence-corrected chi connectivity index (χ2v) is 4.80. The van der Waals surface area contributed by atoms with Crippen LogP contribution in [0.5, 0.6) is 0 Å². The van der Waals surface area contributed by atoms with Gasteiger partial charge in [-0.1, -0.05) is 12.8 Å². The molecule has 1 saturated carbocycles. The molecule has 0 radical (unpaired) electrons. The number of rotatable bonds is 5. The Bertz CT molecular complexity index is 221. The predicted molar refractivity (Wildman–Crippen MR) is 64.1 cm³/mol. The minimum Gasteiger partial charge on any atom is -0.393 e. The molecule has 4 nitrogen and oxygen atoms in total. The molecule has 0 aromatic carbocycles. The van der Waals surface area contributed by atoms with Crippen molar-refractivity contribution in [3.63, 3.8) is 0 Å². The van der Waals surface area contributed by atoms with Crippen molar-refractivity contribution >= 4 is 5.91 Å². The van der Waals surface area contributed by atoms with Gasteiger partial charge in [0, 0.05) is 26.6 Å². The van der Waals surface area contributed by atoms with Gasteiger partial charge in [0.25, 0.3) is 0 Å². The standard InChI is InChI=1S/C12H24N2O2/c1-13-12(16)7-8-14(2)9-10-5-3-4-6-11(10)15/h10-11,15H,3-9H2,1-2H3,(H,13,16). The Kier molecular flexibility index (Phi) is 5.77. The second kappa shape index (κ2) is 6.86. The molecule has 2 unspecified atom stereocenters. The third-order valence-electron chi connectivity index (χ3n) is 3.41. The van der Waals surface area contributed by atoms with Gasteiger partial charge in [-0.2, -0.15) is 0 Å². The third kappa shape index (κ3) is 4.49. The quantitative estimate of drug-likeness (QED) is 0.725. The van der Waals surface area contributed by atoms with Crippen LogP contribution in [0.25, 0.3) is 0 Å². The fourth-order valence-electron chi connectivity index (χ4n) is 2.31. The van der Waals surface area contributed by atoms with Gasteiger partial charge in [0.15, 0.2) is 0 Å². The maximum absolute atomic E-state index is 11.1. The fraction of sp³-hybridized carbons (Fsp3) is 0.917. The lowest BCUT2D eigenvalue weighted by Crippen LogP contribution is -2.36. The largest absolute Gasteiger partial charge is 0.393 e. The number of aliphatic hydroxyl groups is 1. The molecule has 0 aliphatic heterocycles. The molecule has 1 rings (SSSR count). The minimum atomic E-state index is -0.142. The van der Waals surface area contributed by atoms with Crippen molar-refractivity contribution in [3.05, 3.63) is 0 Å². The number of amides is 1. The Morgan fingerprint density at radius 3 is 2.75 bits per heavy atom. The van der Waals surface area contributed by atoms with Gasteiger partial charge in [-0.3, -0.25) is 4.79 Å². The normalized spacial score (nSPS) is 25.8. The minimum absolute atomic E-state index is 0.0797. The van der Waals surface area contributed by atoms with E-state index < -0.39 is 0 Å². The third-order valence-corrected chi connectivity index (χ3v) is 3.41. The number of nitrogens with zero attached hydrogens (tertiary/aromatic N) is 1. The van der Waals surface area contributed by atoms with Crippen LogP contribution in [0.4, 0.5) is 0 Å². The topological polar surface area (TPSA) is 52.6 Å². The summed E-state index contributed by atoms with van der Waals surface area (Å²) in [7, 11) is 3.68. The number of nitrogens with one attached hydrogen (secondary N) is 1. The van der Waals surface area contributed by atoms with E-state index in [4.69, 9.17) is 0 Å². The summed E-state index contributed by atoms with van der Waals surface area (Å²) >= 11 is 0. The highest BCUT2D eigenvalue weighted by atomic mass is 16.3. The lowest BCUT2D eigenvalue weighted by Gasteiger charge is -2.31. The maximum Gasteiger partial charge on any atom is 0.221 e. The number of hydrogen-bond acceptors (Lipinski definition) is 3. The SMILES string of the molecule is CNC(=O)CCN(C)CC1CCCCC1O. The van der Waals surface area contributed by atoms with Crippen LogP contribution in [0.2, 0.25) is 0 Å². The first-order valence-electron chi connectivity index (χ1n) is 6.20. The summed E-state index contributed by atoms with van der Waals surface area (Å²) in [4.78, 5) is 13.2. The van der Waals surface area contributed by atoms with Crippen LogP contribution in [0.1, 0.15) is 32.1 Å². The molecule has 4 heteroatoms. The molecular weight excluding hydrogens is 204 g/mol. The molecule has 0 aromatic rings. The van der Waals surface area contributed by atoms with Crippen LogP contribution >= 0.6 is 0 Å². The Morgan fingerprint density at radius 1 is 1.44 bits per heavy atom. The van der Waals surface area contributed by atoms with Crippen molar-refractivity contribution in [3.8, 4) is 0 Å². The molecule has 0 bridgehead atoms. The van der Waals surface area contributed by atoms with Gasteiger partial charge < -0.3 is 15.3 Å². The van der Waals surface area contributed by atoms with Crippen LogP contribution in [-0.2, 0) is 4.79 Å². The summed E-state index contributed by atoms with van der Waals surface area (Å²) in [6.07, 6.45) is 4.83. The zero-order chi connectivity index (χ0) is 12.0. The van der Waals surface area contributed by atoms with E-state index in [1.165, 1.54) is 6.42 Å². The number of hydrogen-bond donors (Lipinski definition) is 2. The molecule has 0 heterocycles. The van der Waals surface area contributed by atoms with Gasteiger partial charge in [0.05, 0.1) is 6.10 Å². The number of aliphatic hydroxyl groups excluding tert-OH is 1. The van der Waals surface area contributed by atoms with Crippen LogP contribution in [-0.4, -0.2) is 49.2 Å². The maximum atomic E-state index is 11.1. The Morgan fingerprint density at radius 2 is 2.12 bits per heavy atom. The molecule has 0 saturated heterocycles. The molecular formula is C12H24N2O2. The van der Waals surface area contributed by atoms with Gasteiger partial charge in [0.2, 0.25) is 5.91 Å². The lowest BCUT2D eigenvalue weighted by molar-refractivity contribution is -0.120. The highest BCUT2D eigenvalue weighted by Crippen LogP contribution is 2.24. The molecule has 94 valence electrons. The highest BCUT2D eigenvalue weighted by Gasteiger charge is 2.23. The van der Waals surface area contributed by atoms with Crippen LogP contribution in [0, 0.1) is 5.92 Å². The van der Waals surface area contributed by atoms with Crippen molar-refractivity contribution in [2.45, 2.75) is 38.2 Å². The van der Waals surface area contributed by atoms with Crippen molar-refractivity contribution in [2.75, 3.05) is 27.2 Å². The number of carbonyl (C=O) groups is 1. The summed E-state index contributed by atoms with van der Waals surface area (Å²) in [5.41, 5.74) is 0. The highest BCUT2D eigenvalue weighted by molar-refractivity contribution is 5.75. The molecule has 1 aliphatic rings. The summed E-state index contributed by atoms with van der Waals surface area (Å²) in [5.74, 6) is 0.472. The zero-order valence-electron chi connectivity index (χ0n) is 10.4. The first kappa shape index (κ1) is 13.5. The van der Waals surface area contributed by atoms with E-state index in [0.717, 1.165) is 32.4 Å². The Labute approximate surface area is 98.0 Å². The molecule has 1 amide bonds. The van der Waals surface area contributed by atoms with Gasteiger partial charge in [-0.05, 0) is 25.8 Å². The lowest BCUT2D eigenvalue weighted by atomic mass is 9.86. The zero-order valence-corrected chi connectivity index (χ0v) is 10.4. The van der Waals surface area contributed by atoms with E-state index >= 15 is 0 Å². The average Bonchev–Trinajstić information content (AvgIpc) is 2.29. The summed E-state index contributed by atoms with van der Waals surface area (Å²) in [5, 5.41) is 12.5. The van der Waals surface area contributed by atoms with Crippen LogP contribution < -0.4 is 5.32 Å². The predicted octanol–water partition coefficient (Wildman–Crippen LogP) is 0.605. The molecule has 1 aliphatic carbocycles. The van der Waals surface area contributed by atoms with Crippen molar-refractivity contribution in [2.24, 2.45) is 5.92 Å². The van der Waals surface area contributed by atoms with E-state index in [0.29, 0.717) is 12.3 Å². The fourth-order valence-corrected chi connectivity index (χ4v) is 2.31. The molecule has 0 spiro atoms. The van der Waals surface area contributed by atoms with Crippen molar-refractivity contribution in [1.29, 1.82) is 0 Å². The van der Waals surface area contributed by atoms with E-state index in [2.05, 4.69) is 10.2 Å². The van der Waals surface area contributed by atoms with Crippen LogP contribution in [0.15, 0.2) is 0 Å². The van der Waals surface area contributed by atoms with E-state index in [1.807, 2.05) is 7.05 Å². The Balaban J connectivity index is 2.21. The molecule has 2 N–H and O–H groups in total. The average molecular weight is 228 g/mol. The van der Waals surface area contributed by atoms with E-state index in [-0.39, 0.29) is 12.0 Å². The van der Waals surface area contributed by atoms with Gasteiger partial charge in [-0.25, -0.2) is 0 Å². The summed E-state index contributed by atoms with van der Waals surface area (Å²) in [6, 6.07) is 0. The van der Waals surface area contributed by atoms with Crippen LogP contribution in [0.3, 0.4) is 0 Å². The Hall–Kier alpha value is -0.610. The molecule has 2 atom stereocenters. The first-order chi connectivity index (χ1) is 7.63. The first-order valence-corrected chi connectivity index (χ1v) is 6.20. The van der Waals surface area contributed by atoms with Gasteiger partial charge >= 0.3 is 0 Å².